The van der Waals surface area contributed by atoms with Crippen LogP contribution < -0.4 is 0 Å². The molecule has 0 saturated heterocycles. The molecule has 0 unspecified atom stereocenters. The van der Waals surface area contributed by atoms with Gasteiger partial charge in [-0.15, -0.1) is 0 Å². The molecule has 0 bridgehead atoms. The van der Waals surface area contributed by atoms with E-state index in [4.69, 9.17) is 5.11 Å². The summed E-state index contributed by atoms with van der Waals surface area (Å²) in [5.41, 5.74) is 0.585. The standard InChI is InChI=1S/C6H5BrFNO/c7-6-4(3-10)1-2-5(8)9-6/h1-2,10H,3H2. The predicted octanol–water partition coefficient (Wildman–Crippen LogP) is 1.48. The molecule has 0 fully saturated rings. The van der Waals surface area contributed by atoms with Gasteiger partial charge in [-0.05, 0) is 28.1 Å². The van der Waals surface area contributed by atoms with Crippen molar-refractivity contribution in [2.75, 3.05) is 0 Å². The summed E-state index contributed by atoms with van der Waals surface area (Å²) in [7, 11) is 0. The maximum atomic E-state index is 12.3. The van der Waals surface area contributed by atoms with Crippen molar-refractivity contribution in [2.24, 2.45) is 0 Å². The van der Waals surface area contributed by atoms with Crippen LogP contribution in [0.2, 0.25) is 0 Å². The van der Waals surface area contributed by atoms with Gasteiger partial charge in [0, 0.05) is 5.56 Å². The molecular formula is C6H5BrFNO. The molecule has 54 valence electrons. The van der Waals surface area contributed by atoms with Crippen molar-refractivity contribution in [3.05, 3.63) is 28.2 Å². The van der Waals surface area contributed by atoms with Gasteiger partial charge in [-0.25, -0.2) is 4.98 Å². The Morgan fingerprint density at radius 1 is 1.60 bits per heavy atom. The summed E-state index contributed by atoms with van der Waals surface area (Å²) in [5, 5.41) is 8.62. The number of hydrogen-bond acceptors (Lipinski definition) is 2. The van der Waals surface area contributed by atoms with E-state index in [0.717, 1.165) is 0 Å². The Balaban J connectivity index is 3.07. The van der Waals surface area contributed by atoms with Gasteiger partial charge in [0.2, 0.25) is 5.95 Å². The van der Waals surface area contributed by atoms with Crippen molar-refractivity contribution in [3.63, 3.8) is 0 Å². The first kappa shape index (κ1) is 7.63. The molecule has 1 aromatic heterocycles. The molecule has 1 rings (SSSR count). The fraction of sp³-hybridized carbons (Fsp3) is 0.167. The van der Waals surface area contributed by atoms with Crippen molar-refractivity contribution in [1.82, 2.24) is 4.98 Å². The highest BCUT2D eigenvalue weighted by molar-refractivity contribution is 9.10. The van der Waals surface area contributed by atoms with Crippen LogP contribution in [0.15, 0.2) is 16.7 Å². The predicted molar refractivity (Wildman–Crippen MR) is 37.8 cm³/mol. The van der Waals surface area contributed by atoms with E-state index in [9.17, 15) is 4.39 Å². The molecular weight excluding hydrogens is 201 g/mol. The summed E-state index contributed by atoms with van der Waals surface area (Å²) >= 11 is 3.00. The van der Waals surface area contributed by atoms with Gasteiger partial charge in [-0.2, -0.15) is 4.39 Å². The molecule has 4 heteroatoms. The molecule has 2 nitrogen and oxygen atoms in total. The minimum Gasteiger partial charge on any atom is -0.392 e. The fourth-order valence-corrected chi connectivity index (χ4v) is 0.986. The second-order valence-electron chi connectivity index (χ2n) is 1.74. The number of aromatic nitrogens is 1. The van der Waals surface area contributed by atoms with E-state index in [0.29, 0.717) is 10.2 Å². The van der Waals surface area contributed by atoms with Gasteiger partial charge < -0.3 is 5.11 Å². The van der Waals surface area contributed by atoms with Crippen LogP contribution in [-0.2, 0) is 6.61 Å². The topological polar surface area (TPSA) is 33.1 Å². The molecule has 0 amide bonds. The molecule has 1 aromatic rings. The Labute approximate surface area is 65.8 Å². The third kappa shape index (κ3) is 1.52. The van der Waals surface area contributed by atoms with Gasteiger partial charge in [0.1, 0.15) is 4.60 Å². The zero-order chi connectivity index (χ0) is 7.56. The molecule has 0 aliphatic rings. The number of pyridine rings is 1. The quantitative estimate of drug-likeness (QED) is 0.705. The molecule has 0 aromatic carbocycles. The Hall–Kier alpha value is -0.480. The van der Waals surface area contributed by atoms with Gasteiger partial charge >= 0.3 is 0 Å². The number of nitrogens with zero attached hydrogens (tertiary/aromatic N) is 1. The highest BCUT2D eigenvalue weighted by Gasteiger charge is 1.99. The zero-order valence-corrected chi connectivity index (χ0v) is 6.60. The number of halogens is 2. The van der Waals surface area contributed by atoms with Crippen molar-refractivity contribution in [3.8, 4) is 0 Å². The first-order chi connectivity index (χ1) is 4.74. The summed E-state index contributed by atoms with van der Waals surface area (Å²) in [4.78, 5) is 3.43. The molecule has 1 heterocycles. The zero-order valence-electron chi connectivity index (χ0n) is 5.01. The van der Waals surface area contributed by atoms with Crippen LogP contribution >= 0.6 is 15.9 Å². The van der Waals surface area contributed by atoms with Gasteiger partial charge in [0.15, 0.2) is 0 Å². The second-order valence-corrected chi connectivity index (χ2v) is 2.49. The smallest absolute Gasteiger partial charge is 0.213 e. The molecule has 1 N–H and O–H groups in total. The summed E-state index contributed by atoms with van der Waals surface area (Å²) in [6, 6.07) is 2.68. The normalized spacial score (nSPS) is 9.90. The van der Waals surface area contributed by atoms with E-state index in [-0.39, 0.29) is 6.61 Å². The van der Waals surface area contributed by atoms with Crippen LogP contribution in [0.1, 0.15) is 5.56 Å². The lowest BCUT2D eigenvalue weighted by molar-refractivity contribution is 0.280. The van der Waals surface area contributed by atoms with E-state index in [2.05, 4.69) is 20.9 Å². The van der Waals surface area contributed by atoms with Crippen LogP contribution in [0, 0.1) is 5.95 Å². The van der Waals surface area contributed by atoms with Crippen molar-refractivity contribution < 1.29 is 9.50 Å². The Morgan fingerprint density at radius 3 is 2.80 bits per heavy atom. The SMILES string of the molecule is OCc1ccc(F)nc1Br. The average molecular weight is 206 g/mol. The Kier molecular flexibility index (Phi) is 2.34. The number of rotatable bonds is 1. The Bertz CT molecular complexity index is 241. The molecule has 0 aliphatic carbocycles. The average Bonchev–Trinajstić information content (AvgIpc) is 1.88. The second kappa shape index (κ2) is 3.07. The summed E-state index contributed by atoms with van der Waals surface area (Å²) in [6.07, 6.45) is 0. The van der Waals surface area contributed by atoms with Crippen LogP contribution in [-0.4, -0.2) is 10.1 Å². The molecule has 0 aliphatic heterocycles. The van der Waals surface area contributed by atoms with E-state index in [1.807, 2.05) is 0 Å². The first-order valence-corrected chi connectivity index (χ1v) is 3.45. The molecule has 0 saturated carbocycles. The summed E-state index contributed by atoms with van der Waals surface area (Å²) in [6.45, 7) is -0.131. The van der Waals surface area contributed by atoms with Crippen LogP contribution in [0.3, 0.4) is 0 Å². The van der Waals surface area contributed by atoms with Gasteiger partial charge in [0.25, 0.3) is 0 Å². The molecule has 0 spiro atoms. The van der Waals surface area contributed by atoms with E-state index in [1.165, 1.54) is 12.1 Å². The largest absolute Gasteiger partial charge is 0.392 e. The van der Waals surface area contributed by atoms with Crippen molar-refractivity contribution >= 4 is 15.9 Å². The molecule has 10 heavy (non-hydrogen) atoms. The van der Waals surface area contributed by atoms with Crippen molar-refractivity contribution in [2.45, 2.75) is 6.61 Å². The minimum absolute atomic E-state index is 0.131. The maximum Gasteiger partial charge on any atom is 0.213 e. The number of aliphatic hydroxyl groups is 1. The number of hydrogen-bond donors (Lipinski definition) is 1. The lowest BCUT2D eigenvalue weighted by Crippen LogP contribution is -1.90. The first-order valence-electron chi connectivity index (χ1n) is 2.66. The third-order valence-corrected chi connectivity index (χ3v) is 1.75. The van der Waals surface area contributed by atoms with E-state index >= 15 is 0 Å². The van der Waals surface area contributed by atoms with Crippen LogP contribution in [0.25, 0.3) is 0 Å². The lowest BCUT2D eigenvalue weighted by Gasteiger charge is -1.96. The van der Waals surface area contributed by atoms with Gasteiger partial charge in [-0.3, -0.25) is 0 Å². The highest BCUT2D eigenvalue weighted by Crippen LogP contribution is 2.13. The van der Waals surface area contributed by atoms with Gasteiger partial charge in [-0.1, -0.05) is 0 Å². The maximum absolute atomic E-state index is 12.3. The van der Waals surface area contributed by atoms with Crippen molar-refractivity contribution in [1.29, 1.82) is 0 Å². The van der Waals surface area contributed by atoms with E-state index in [1.54, 1.807) is 0 Å². The van der Waals surface area contributed by atoms with Crippen LogP contribution in [0.4, 0.5) is 4.39 Å². The molecule has 0 radical (unpaired) electrons. The minimum atomic E-state index is -0.552. The Morgan fingerprint density at radius 2 is 2.30 bits per heavy atom. The summed E-state index contributed by atoms with van der Waals surface area (Å²) < 4.78 is 12.6. The molecule has 0 atom stereocenters. The summed E-state index contributed by atoms with van der Waals surface area (Å²) in [5.74, 6) is -0.552. The number of aliphatic hydroxyl groups excluding tert-OH is 1. The lowest BCUT2D eigenvalue weighted by atomic mass is 10.3. The highest BCUT2D eigenvalue weighted by atomic mass is 79.9. The van der Waals surface area contributed by atoms with Gasteiger partial charge in [0.05, 0.1) is 6.61 Å². The third-order valence-electron chi connectivity index (χ3n) is 1.06. The van der Waals surface area contributed by atoms with E-state index < -0.39 is 5.95 Å². The van der Waals surface area contributed by atoms with Crippen LogP contribution in [0.5, 0.6) is 0 Å². The fourth-order valence-electron chi connectivity index (χ4n) is 0.559. The monoisotopic (exact) mass is 205 g/mol.